The van der Waals surface area contributed by atoms with Crippen LogP contribution in [-0.2, 0) is 0 Å². The number of rotatable bonds is 4. The van der Waals surface area contributed by atoms with Crippen molar-refractivity contribution in [2.75, 3.05) is 0 Å². The first-order valence-electron chi connectivity index (χ1n) is 6.66. The number of nitrogens with zero attached hydrogens (tertiary/aromatic N) is 1. The van der Waals surface area contributed by atoms with Crippen molar-refractivity contribution in [3.8, 4) is 5.75 Å². The van der Waals surface area contributed by atoms with Gasteiger partial charge in [0.1, 0.15) is 5.75 Å². The molecule has 0 saturated heterocycles. The summed E-state index contributed by atoms with van der Waals surface area (Å²) >= 11 is 0. The highest BCUT2D eigenvalue weighted by atomic mass is 16.6. The summed E-state index contributed by atoms with van der Waals surface area (Å²) in [6, 6.07) is 9.32. The first-order valence-corrected chi connectivity index (χ1v) is 6.66. The van der Waals surface area contributed by atoms with Crippen molar-refractivity contribution in [2.24, 2.45) is 0 Å². The summed E-state index contributed by atoms with van der Waals surface area (Å²) in [5, 5.41) is 20.6. The average Bonchev–Trinajstić information content (AvgIpc) is 2.50. The van der Waals surface area contributed by atoms with Crippen molar-refractivity contribution < 1.29 is 14.8 Å². The van der Waals surface area contributed by atoms with Gasteiger partial charge >= 0.3 is 0 Å². The number of aryl methyl sites for hydroxylation is 2. The van der Waals surface area contributed by atoms with Gasteiger partial charge in [0.2, 0.25) is 0 Å². The second-order valence-electron chi connectivity index (χ2n) is 4.98. The van der Waals surface area contributed by atoms with Gasteiger partial charge in [-0.15, -0.1) is 0 Å². The normalized spacial score (nSPS) is 10.8. The second kappa shape index (κ2) is 6.22. The van der Waals surface area contributed by atoms with Gasteiger partial charge in [-0.1, -0.05) is 18.2 Å². The fourth-order valence-electron chi connectivity index (χ4n) is 2.19. The van der Waals surface area contributed by atoms with E-state index in [4.69, 9.17) is 0 Å². The van der Waals surface area contributed by atoms with E-state index < -0.39 is 10.7 Å². The van der Waals surface area contributed by atoms with E-state index in [0.29, 0.717) is 11.1 Å². The molecule has 0 aliphatic heterocycles. The minimum Gasteiger partial charge on any atom is -0.507 e. The lowest BCUT2D eigenvalue weighted by molar-refractivity contribution is -0.385. The van der Waals surface area contributed by atoms with Crippen LogP contribution in [0.1, 0.15) is 27.0 Å². The van der Waals surface area contributed by atoms with E-state index in [2.05, 4.69) is 0 Å². The Bertz CT molecular complexity index is 755. The smallest absolute Gasteiger partial charge is 0.280 e. The summed E-state index contributed by atoms with van der Waals surface area (Å²) in [6.45, 7) is 3.53. The van der Waals surface area contributed by atoms with Crippen molar-refractivity contribution in [2.45, 2.75) is 13.8 Å². The van der Waals surface area contributed by atoms with Crippen LogP contribution in [0.25, 0.3) is 6.08 Å². The Hall–Kier alpha value is -2.95. The molecule has 0 heterocycles. The third kappa shape index (κ3) is 3.20. The van der Waals surface area contributed by atoms with Crippen LogP contribution < -0.4 is 0 Å². The number of phenolic OH excluding ortho intramolecular Hbond substituents is 1. The molecule has 0 amide bonds. The van der Waals surface area contributed by atoms with Crippen LogP contribution in [-0.4, -0.2) is 15.8 Å². The Morgan fingerprint density at radius 1 is 1.18 bits per heavy atom. The number of para-hydroxylation sites is 1. The largest absolute Gasteiger partial charge is 0.507 e. The number of nitro benzene ring substituents is 1. The van der Waals surface area contributed by atoms with Crippen LogP contribution in [0.4, 0.5) is 5.69 Å². The van der Waals surface area contributed by atoms with Crippen molar-refractivity contribution in [3.63, 3.8) is 0 Å². The lowest BCUT2D eigenvalue weighted by Gasteiger charge is -2.04. The molecule has 2 aromatic carbocycles. The number of ketones is 1. The van der Waals surface area contributed by atoms with Crippen molar-refractivity contribution in [1.29, 1.82) is 0 Å². The standard InChI is InChI=1S/C17H15NO4/c1-11-9-13(10-12(2)17(11)20)7-8-16(19)14-5-3-4-6-15(14)18(21)22/h3-10,20H,1-2H3/b8-7+. The zero-order chi connectivity index (χ0) is 16.3. The van der Waals surface area contributed by atoms with Gasteiger partial charge in [-0.25, -0.2) is 0 Å². The van der Waals surface area contributed by atoms with Crippen molar-refractivity contribution in [1.82, 2.24) is 0 Å². The zero-order valence-corrected chi connectivity index (χ0v) is 12.2. The maximum Gasteiger partial charge on any atom is 0.280 e. The Balaban J connectivity index is 2.31. The van der Waals surface area contributed by atoms with E-state index in [9.17, 15) is 20.0 Å². The molecule has 2 aromatic rings. The van der Waals surface area contributed by atoms with Crippen LogP contribution in [0.3, 0.4) is 0 Å². The number of allylic oxidation sites excluding steroid dienone is 1. The highest BCUT2D eigenvalue weighted by molar-refractivity contribution is 6.09. The summed E-state index contributed by atoms with van der Waals surface area (Å²) < 4.78 is 0. The summed E-state index contributed by atoms with van der Waals surface area (Å²) in [7, 11) is 0. The number of carbonyl (C=O) groups excluding carboxylic acids is 1. The Morgan fingerprint density at radius 2 is 1.77 bits per heavy atom. The number of nitro groups is 1. The molecule has 1 N–H and O–H groups in total. The number of phenols is 1. The van der Waals surface area contributed by atoms with E-state index in [1.165, 1.54) is 24.3 Å². The molecule has 0 aliphatic carbocycles. The number of hydrogen-bond donors (Lipinski definition) is 1. The molecule has 0 aromatic heterocycles. The molecule has 22 heavy (non-hydrogen) atoms. The van der Waals surface area contributed by atoms with Gasteiger partial charge in [0.15, 0.2) is 5.78 Å². The summed E-state index contributed by atoms with van der Waals surface area (Å²) in [5.74, 6) is -0.210. The topological polar surface area (TPSA) is 80.4 Å². The number of aromatic hydroxyl groups is 1. The quantitative estimate of drug-likeness (QED) is 0.402. The fraction of sp³-hybridized carbons (Fsp3) is 0.118. The summed E-state index contributed by atoms with van der Waals surface area (Å²) in [4.78, 5) is 22.5. The molecule has 5 nitrogen and oxygen atoms in total. The summed E-state index contributed by atoms with van der Waals surface area (Å²) in [5.41, 5.74) is 2.00. The molecule has 5 heteroatoms. The van der Waals surface area contributed by atoms with E-state index in [1.54, 1.807) is 38.1 Å². The molecular formula is C17H15NO4. The molecule has 0 aliphatic rings. The molecular weight excluding hydrogens is 282 g/mol. The van der Waals surface area contributed by atoms with Gasteiger partial charge in [-0.3, -0.25) is 14.9 Å². The van der Waals surface area contributed by atoms with Gasteiger partial charge < -0.3 is 5.11 Å². The van der Waals surface area contributed by atoms with Gasteiger partial charge in [0, 0.05) is 6.07 Å². The van der Waals surface area contributed by atoms with Crippen LogP contribution in [0.2, 0.25) is 0 Å². The van der Waals surface area contributed by atoms with E-state index >= 15 is 0 Å². The highest BCUT2D eigenvalue weighted by Crippen LogP contribution is 2.24. The Morgan fingerprint density at radius 3 is 2.36 bits per heavy atom. The van der Waals surface area contributed by atoms with Crippen LogP contribution in [0.15, 0.2) is 42.5 Å². The van der Waals surface area contributed by atoms with E-state index in [-0.39, 0.29) is 17.0 Å². The van der Waals surface area contributed by atoms with Crippen molar-refractivity contribution >= 4 is 17.5 Å². The average molecular weight is 297 g/mol. The molecule has 0 atom stereocenters. The van der Waals surface area contributed by atoms with Gasteiger partial charge in [-0.05, 0) is 54.8 Å². The van der Waals surface area contributed by atoms with E-state index in [1.807, 2.05) is 0 Å². The molecule has 0 fully saturated rings. The van der Waals surface area contributed by atoms with Crippen LogP contribution >= 0.6 is 0 Å². The monoisotopic (exact) mass is 297 g/mol. The maximum atomic E-state index is 12.1. The third-order valence-electron chi connectivity index (χ3n) is 3.31. The third-order valence-corrected chi connectivity index (χ3v) is 3.31. The Kier molecular flexibility index (Phi) is 4.36. The molecule has 112 valence electrons. The predicted molar refractivity (Wildman–Crippen MR) is 84.0 cm³/mol. The Labute approximate surface area is 127 Å². The molecule has 0 spiro atoms. The fourth-order valence-corrected chi connectivity index (χ4v) is 2.19. The summed E-state index contributed by atoms with van der Waals surface area (Å²) in [6.07, 6.45) is 2.88. The molecule has 0 radical (unpaired) electrons. The lowest BCUT2D eigenvalue weighted by atomic mass is 10.0. The second-order valence-corrected chi connectivity index (χ2v) is 4.98. The highest BCUT2D eigenvalue weighted by Gasteiger charge is 2.16. The van der Waals surface area contributed by atoms with Crippen LogP contribution in [0.5, 0.6) is 5.75 Å². The van der Waals surface area contributed by atoms with Crippen molar-refractivity contribution in [3.05, 3.63) is 74.8 Å². The SMILES string of the molecule is Cc1cc(/C=C/C(=O)c2ccccc2[N+](=O)[O-])cc(C)c1O. The van der Waals surface area contributed by atoms with Gasteiger partial charge in [0.25, 0.3) is 5.69 Å². The first-order chi connectivity index (χ1) is 10.4. The van der Waals surface area contributed by atoms with Crippen LogP contribution in [0, 0.1) is 24.0 Å². The lowest BCUT2D eigenvalue weighted by Crippen LogP contribution is -2.00. The molecule has 0 saturated carbocycles. The minimum absolute atomic E-state index is 0.0518. The van der Waals surface area contributed by atoms with E-state index in [0.717, 1.165) is 5.56 Å². The minimum atomic E-state index is -0.573. The first kappa shape index (κ1) is 15.4. The number of carbonyl (C=O) groups is 1. The number of hydrogen-bond acceptors (Lipinski definition) is 4. The number of benzene rings is 2. The zero-order valence-electron chi connectivity index (χ0n) is 12.2. The maximum absolute atomic E-state index is 12.1. The molecule has 0 unspecified atom stereocenters. The molecule has 0 bridgehead atoms. The predicted octanol–water partition coefficient (Wildman–Crippen LogP) is 3.81. The van der Waals surface area contributed by atoms with Gasteiger partial charge in [0.05, 0.1) is 10.5 Å². The molecule has 2 rings (SSSR count). The van der Waals surface area contributed by atoms with Gasteiger partial charge in [-0.2, -0.15) is 0 Å².